The van der Waals surface area contributed by atoms with Gasteiger partial charge in [-0.2, -0.15) is 0 Å². The first-order valence-corrected chi connectivity index (χ1v) is 6.70. The molecule has 0 saturated heterocycles. The average Bonchev–Trinajstić information content (AvgIpc) is 2.32. The van der Waals surface area contributed by atoms with Crippen molar-refractivity contribution in [2.75, 3.05) is 6.61 Å². The Bertz CT molecular complexity index is 371. The van der Waals surface area contributed by atoms with E-state index in [1.54, 1.807) is 12.1 Å². The minimum Gasteiger partial charge on any atom is -0.396 e. The molecular formula is C12H16Cl3NO. The first kappa shape index (κ1) is 15.1. The summed E-state index contributed by atoms with van der Waals surface area (Å²) in [6, 6.07) is 3.67. The van der Waals surface area contributed by atoms with Crippen LogP contribution in [0.15, 0.2) is 12.1 Å². The van der Waals surface area contributed by atoms with Gasteiger partial charge in [-0.15, -0.1) is 0 Å². The van der Waals surface area contributed by atoms with E-state index in [2.05, 4.69) is 12.2 Å². The Kier molecular flexibility index (Phi) is 6.60. The summed E-state index contributed by atoms with van der Waals surface area (Å²) >= 11 is 18.1. The van der Waals surface area contributed by atoms with Crippen molar-refractivity contribution in [3.8, 4) is 0 Å². The van der Waals surface area contributed by atoms with Gasteiger partial charge in [0, 0.05) is 29.8 Å². The minimum absolute atomic E-state index is 0.169. The SMILES string of the molecule is CCC(CCO)NCc1c(Cl)ccc(Cl)c1Cl. The van der Waals surface area contributed by atoms with Crippen molar-refractivity contribution in [2.24, 2.45) is 0 Å². The molecule has 1 atom stereocenters. The second-order valence-electron chi connectivity index (χ2n) is 3.82. The summed E-state index contributed by atoms with van der Waals surface area (Å²) in [5.41, 5.74) is 0.803. The van der Waals surface area contributed by atoms with Crippen LogP contribution in [0.25, 0.3) is 0 Å². The highest BCUT2D eigenvalue weighted by molar-refractivity contribution is 6.44. The summed E-state index contributed by atoms with van der Waals surface area (Å²) in [6.07, 6.45) is 1.66. The van der Waals surface area contributed by atoms with Gasteiger partial charge in [0.15, 0.2) is 0 Å². The van der Waals surface area contributed by atoms with Crippen molar-refractivity contribution in [2.45, 2.75) is 32.4 Å². The first-order valence-electron chi connectivity index (χ1n) is 5.56. The summed E-state index contributed by atoms with van der Waals surface area (Å²) in [4.78, 5) is 0. The Hall–Kier alpha value is 0.01000. The number of aliphatic hydroxyl groups is 1. The molecule has 0 aromatic heterocycles. The number of hydrogen-bond donors (Lipinski definition) is 2. The monoisotopic (exact) mass is 295 g/mol. The number of aliphatic hydroxyl groups excluding tert-OH is 1. The summed E-state index contributed by atoms with van der Waals surface area (Å²) in [5.74, 6) is 0. The van der Waals surface area contributed by atoms with Gasteiger partial charge in [-0.3, -0.25) is 0 Å². The zero-order valence-electron chi connectivity index (χ0n) is 9.64. The van der Waals surface area contributed by atoms with E-state index in [1.165, 1.54) is 0 Å². The maximum atomic E-state index is 8.91. The lowest BCUT2D eigenvalue weighted by Crippen LogP contribution is -2.29. The molecule has 1 aromatic rings. The lowest BCUT2D eigenvalue weighted by atomic mass is 10.1. The summed E-state index contributed by atoms with van der Waals surface area (Å²) < 4.78 is 0. The molecule has 0 aliphatic rings. The van der Waals surface area contributed by atoms with E-state index in [-0.39, 0.29) is 12.6 Å². The van der Waals surface area contributed by atoms with Gasteiger partial charge in [0.2, 0.25) is 0 Å². The van der Waals surface area contributed by atoms with Gasteiger partial charge in [0.05, 0.1) is 10.0 Å². The lowest BCUT2D eigenvalue weighted by Gasteiger charge is -2.17. The first-order chi connectivity index (χ1) is 8.10. The van der Waals surface area contributed by atoms with Crippen molar-refractivity contribution in [3.05, 3.63) is 32.8 Å². The van der Waals surface area contributed by atoms with E-state index in [4.69, 9.17) is 39.9 Å². The number of benzene rings is 1. The second-order valence-corrected chi connectivity index (χ2v) is 5.01. The predicted molar refractivity (Wildman–Crippen MR) is 74.1 cm³/mol. The van der Waals surface area contributed by atoms with Crippen molar-refractivity contribution in [1.82, 2.24) is 5.32 Å². The number of nitrogens with one attached hydrogen (secondary N) is 1. The third-order valence-electron chi connectivity index (χ3n) is 2.68. The molecule has 0 bridgehead atoms. The fourth-order valence-corrected chi connectivity index (χ4v) is 2.27. The number of rotatable bonds is 6. The number of hydrogen-bond acceptors (Lipinski definition) is 2. The maximum Gasteiger partial charge on any atom is 0.0652 e. The fourth-order valence-electron chi connectivity index (χ4n) is 1.58. The van der Waals surface area contributed by atoms with Crippen LogP contribution < -0.4 is 5.32 Å². The Balaban J connectivity index is 2.71. The average molecular weight is 297 g/mol. The molecule has 2 N–H and O–H groups in total. The maximum absolute atomic E-state index is 8.91. The molecule has 0 saturated carbocycles. The van der Waals surface area contributed by atoms with Gasteiger partial charge in [0.1, 0.15) is 0 Å². The van der Waals surface area contributed by atoms with Crippen LogP contribution in [0.3, 0.4) is 0 Å². The quantitative estimate of drug-likeness (QED) is 0.780. The standard InChI is InChI=1S/C12H16Cl3NO/c1-2-8(5-6-17)16-7-9-10(13)3-4-11(14)12(9)15/h3-4,8,16-17H,2,5-7H2,1H3. The molecule has 0 heterocycles. The third-order valence-corrected chi connectivity index (χ3v) is 3.87. The van der Waals surface area contributed by atoms with Gasteiger partial charge in [-0.05, 0) is 25.0 Å². The van der Waals surface area contributed by atoms with Gasteiger partial charge >= 0.3 is 0 Å². The van der Waals surface area contributed by atoms with Crippen LogP contribution in [0.5, 0.6) is 0 Å². The van der Waals surface area contributed by atoms with Gasteiger partial charge in [0.25, 0.3) is 0 Å². The van der Waals surface area contributed by atoms with E-state index in [1.807, 2.05) is 0 Å². The molecule has 96 valence electrons. The normalized spacial score (nSPS) is 12.8. The molecule has 5 heteroatoms. The summed E-state index contributed by atoms with van der Waals surface area (Å²) in [7, 11) is 0. The van der Waals surface area contributed by atoms with E-state index in [0.717, 1.165) is 12.0 Å². The molecule has 0 amide bonds. The Morgan fingerprint density at radius 2 is 1.88 bits per heavy atom. The summed E-state index contributed by atoms with van der Waals surface area (Å²) in [6.45, 7) is 2.79. The molecule has 0 radical (unpaired) electrons. The molecule has 0 spiro atoms. The van der Waals surface area contributed by atoms with E-state index >= 15 is 0 Å². The van der Waals surface area contributed by atoms with Crippen LogP contribution in [-0.2, 0) is 6.54 Å². The fraction of sp³-hybridized carbons (Fsp3) is 0.500. The molecule has 1 aromatic carbocycles. The molecule has 1 rings (SSSR count). The van der Waals surface area contributed by atoms with E-state index < -0.39 is 0 Å². The number of halogens is 3. The topological polar surface area (TPSA) is 32.3 Å². The van der Waals surface area contributed by atoms with Crippen molar-refractivity contribution < 1.29 is 5.11 Å². The van der Waals surface area contributed by atoms with Crippen LogP contribution in [0, 0.1) is 0 Å². The van der Waals surface area contributed by atoms with E-state index in [0.29, 0.717) is 28.0 Å². The Morgan fingerprint density at radius 3 is 2.47 bits per heavy atom. The molecule has 17 heavy (non-hydrogen) atoms. The largest absolute Gasteiger partial charge is 0.396 e. The molecular weight excluding hydrogens is 280 g/mol. The zero-order chi connectivity index (χ0) is 12.8. The van der Waals surface area contributed by atoms with Crippen LogP contribution in [0.4, 0.5) is 0 Å². The molecule has 0 aliphatic carbocycles. The van der Waals surface area contributed by atoms with Crippen LogP contribution in [0.1, 0.15) is 25.3 Å². The second kappa shape index (κ2) is 7.45. The highest BCUT2D eigenvalue weighted by Gasteiger charge is 2.11. The smallest absolute Gasteiger partial charge is 0.0652 e. The zero-order valence-corrected chi connectivity index (χ0v) is 11.9. The van der Waals surface area contributed by atoms with Gasteiger partial charge in [-0.25, -0.2) is 0 Å². The molecule has 0 aliphatic heterocycles. The molecule has 1 unspecified atom stereocenters. The van der Waals surface area contributed by atoms with Crippen molar-refractivity contribution in [1.29, 1.82) is 0 Å². The van der Waals surface area contributed by atoms with Gasteiger partial charge in [-0.1, -0.05) is 41.7 Å². The molecule has 2 nitrogen and oxygen atoms in total. The van der Waals surface area contributed by atoms with Crippen LogP contribution in [-0.4, -0.2) is 17.8 Å². The predicted octanol–water partition coefficient (Wildman–Crippen LogP) is 3.90. The van der Waals surface area contributed by atoms with E-state index in [9.17, 15) is 0 Å². The van der Waals surface area contributed by atoms with Crippen molar-refractivity contribution >= 4 is 34.8 Å². The van der Waals surface area contributed by atoms with Crippen LogP contribution >= 0.6 is 34.8 Å². The highest BCUT2D eigenvalue weighted by atomic mass is 35.5. The molecule has 0 fully saturated rings. The Labute approximate surface area is 117 Å². The Morgan fingerprint density at radius 1 is 1.24 bits per heavy atom. The highest BCUT2D eigenvalue weighted by Crippen LogP contribution is 2.31. The van der Waals surface area contributed by atoms with Crippen LogP contribution in [0.2, 0.25) is 15.1 Å². The summed E-state index contributed by atoms with van der Waals surface area (Å²) in [5, 5.41) is 13.8. The lowest BCUT2D eigenvalue weighted by molar-refractivity contribution is 0.262. The van der Waals surface area contributed by atoms with Gasteiger partial charge < -0.3 is 10.4 Å². The third kappa shape index (κ3) is 4.31. The van der Waals surface area contributed by atoms with Crippen molar-refractivity contribution in [3.63, 3.8) is 0 Å². The minimum atomic E-state index is 0.169.